The van der Waals surface area contributed by atoms with Gasteiger partial charge in [-0.15, -0.1) is 11.3 Å². The summed E-state index contributed by atoms with van der Waals surface area (Å²) in [5.74, 6) is 0.395. The molecule has 134 valence electrons. The van der Waals surface area contributed by atoms with Crippen molar-refractivity contribution in [3.8, 4) is 11.5 Å². The lowest BCUT2D eigenvalue weighted by molar-refractivity contribution is 0.0606. The summed E-state index contributed by atoms with van der Waals surface area (Å²) in [7, 11) is 4.40. The zero-order valence-electron chi connectivity index (χ0n) is 14.5. The summed E-state index contributed by atoms with van der Waals surface area (Å²) in [5.41, 5.74) is 1.08. The van der Waals surface area contributed by atoms with Gasteiger partial charge in [0.05, 0.1) is 21.3 Å². The largest absolute Gasteiger partial charge is 0.493 e. The highest BCUT2D eigenvalue weighted by molar-refractivity contribution is 7.20. The second kappa shape index (κ2) is 7.45. The van der Waals surface area contributed by atoms with Gasteiger partial charge < -0.3 is 19.5 Å². The van der Waals surface area contributed by atoms with Crippen molar-refractivity contribution < 1.29 is 23.8 Å². The van der Waals surface area contributed by atoms with Crippen molar-refractivity contribution in [2.45, 2.75) is 0 Å². The van der Waals surface area contributed by atoms with Crippen molar-refractivity contribution in [3.63, 3.8) is 0 Å². The molecule has 1 aromatic heterocycles. The van der Waals surface area contributed by atoms with E-state index in [1.165, 1.54) is 32.7 Å². The van der Waals surface area contributed by atoms with Crippen LogP contribution in [-0.4, -0.2) is 33.2 Å². The molecule has 0 aliphatic rings. The average molecular weight is 371 g/mol. The van der Waals surface area contributed by atoms with Crippen LogP contribution in [0.15, 0.2) is 42.5 Å². The molecule has 0 fully saturated rings. The zero-order valence-corrected chi connectivity index (χ0v) is 15.3. The number of nitrogens with one attached hydrogen (secondary N) is 1. The molecule has 6 nitrogen and oxygen atoms in total. The third-order valence-electron chi connectivity index (χ3n) is 3.81. The molecule has 3 rings (SSSR count). The number of carbonyl (C=O) groups excluding carboxylic acids is 2. The maximum absolute atomic E-state index is 12.5. The molecule has 0 aliphatic heterocycles. The first-order valence-corrected chi connectivity index (χ1v) is 8.52. The fraction of sp³-hybridized carbons (Fsp3) is 0.158. The van der Waals surface area contributed by atoms with E-state index in [0.717, 1.165) is 10.1 Å². The summed E-state index contributed by atoms with van der Waals surface area (Å²) in [5, 5.41) is 3.71. The van der Waals surface area contributed by atoms with E-state index >= 15 is 0 Å². The molecule has 1 N–H and O–H groups in total. The van der Waals surface area contributed by atoms with Crippen LogP contribution in [0.25, 0.3) is 10.1 Å². The Kier molecular flexibility index (Phi) is 5.09. The van der Waals surface area contributed by atoms with Crippen molar-refractivity contribution in [1.29, 1.82) is 0 Å². The van der Waals surface area contributed by atoms with E-state index in [2.05, 4.69) is 5.32 Å². The van der Waals surface area contributed by atoms with Gasteiger partial charge in [-0.3, -0.25) is 4.79 Å². The SMILES string of the molecule is COC(=O)c1cc2cc(NC(=O)c3ccc(OC)c(OC)c3)ccc2s1. The Labute approximate surface area is 154 Å². The van der Waals surface area contributed by atoms with Gasteiger partial charge in [-0.2, -0.15) is 0 Å². The van der Waals surface area contributed by atoms with Gasteiger partial charge in [-0.25, -0.2) is 4.79 Å². The predicted molar refractivity (Wildman–Crippen MR) is 101 cm³/mol. The highest BCUT2D eigenvalue weighted by Crippen LogP contribution is 2.30. The normalized spacial score (nSPS) is 10.4. The maximum Gasteiger partial charge on any atom is 0.348 e. The molecule has 3 aromatic rings. The van der Waals surface area contributed by atoms with Gasteiger partial charge in [0.1, 0.15) is 4.88 Å². The van der Waals surface area contributed by atoms with Crippen LogP contribution in [0.1, 0.15) is 20.0 Å². The number of rotatable bonds is 5. The summed E-state index contributed by atoms with van der Waals surface area (Å²) >= 11 is 1.35. The topological polar surface area (TPSA) is 73.9 Å². The number of ether oxygens (including phenoxy) is 3. The maximum atomic E-state index is 12.5. The summed E-state index contributed by atoms with van der Waals surface area (Å²) in [6.07, 6.45) is 0. The fourth-order valence-electron chi connectivity index (χ4n) is 2.50. The first-order valence-electron chi connectivity index (χ1n) is 7.71. The Balaban J connectivity index is 1.84. The molecule has 2 aromatic carbocycles. The zero-order chi connectivity index (χ0) is 18.7. The van der Waals surface area contributed by atoms with E-state index in [1.54, 1.807) is 30.3 Å². The van der Waals surface area contributed by atoms with Gasteiger partial charge in [0.15, 0.2) is 11.5 Å². The van der Waals surface area contributed by atoms with Crippen LogP contribution in [0.3, 0.4) is 0 Å². The van der Waals surface area contributed by atoms with Crippen molar-refractivity contribution in [3.05, 3.63) is 52.9 Å². The van der Waals surface area contributed by atoms with Gasteiger partial charge in [-0.1, -0.05) is 0 Å². The lowest BCUT2D eigenvalue weighted by Crippen LogP contribution is -2.12. The van der Waals surface area contributed by atoms with Crippen LogP contribution in [0.2, 0.25) is 0 Å². The van der Waals surface area contributed by atoms with Crippen LogP contribution >= 0.6 is 11.3 Å². The standard InChI is InChI=1S/C19H17NO5S/c1-23-14-6-4-11(9-15(14)24-2)18(21)20-13-5-7-16-12(8-13)10-17(26-16)19(22)25-3/h4-10H,1-3H3,(H,20,21). The minimum atomic E-state index is -0.373. The van der Waals surface area contributed by atoms with Crippen LogP contribution in [-0.2, 0) is 4.74 Å². The summed E-state index contributed by atoms with van der Waals surface area (Å²) in [4.78, 5) is 24.7. The number of anilines is 1. The Morgan fingerprint density at radius 3 is 2.38 bits per heavy atom. The summed E-state index contributed by atoms with van der Waals surface area (Å²) < 4.78 is 16.1. The highest BCUT2D eigenvalue weighted by atomic mass is 32.1. The number of carbonyl (C=O) groups is 2. The van der Waals surface area contributed by atoms with Gasteiger partial charge in [0.2, 0.25) is 0 Å². The van der Waals surface area contributed by atoms with Crippen LogP contribution in [0, 0.1) is 0 Å². The van der Waals surface area contributed by atoms with E-state index in [4.69, 9.17) is 14.2 Å². The van der Waals surface area contributed by atoms with E-state index in [9.17, 15) is 9.59 Å². The number of hydrogen-bond donors (Lipinski definition) is 1. The molecule has 1 heterocycles. The number of esters is 1. The van der Waals surface area contributed by atoms with E-state index < -0.39 is 0 Å². The molecular formula is C19H17NO5S. The Hall–Kier alpha value is -3.06. The predicted octanol–water partition coefficient (Wildman–Crippen LogP) is 3.96. The molecule has 0 aliphatic carbocycles. The Morgan fingerprint density at radius 2 is 1.69 bits per heavy atom. The molecule has 0 radical (unpaired) electrons. The average Bonchev–Trinajstić information content (AvgIpc) is 3.10. The first-order chi connectivity index (χ1) is 12.5. The number of methoxy groups -OCH3 is 3. The second-order valence-electron chi connectivity index (χ2n) is 5.38. The number of thiophene rings is 1. The number of hydrogen-bond acceptors (Lipinski definition) is 6. The number of benzene rings is 2. The molecule has 1 amide bonds. The Bertz CT molecular complexity index is 979. The molecule has 7 heteroatoms. The molecule has 0 saturated carbocycles. The van der Waals surface area contributed by atoms with Gasteiger partial charge in [0, 0.05) is 16.0 Å². The minimum absolute atomic E-state index is 0.270. The van der Waals surface area contributed by atoms with Crippen molar-refractivity contribution >= 4 is 39.0 Å². The van der Waals surface area contributed by atoms with Crippen LogP contribution in [0.4, 0.5) is 5.69 Å². The summed E-state index contributed by atoms with van der Waals surface area (Å²) in [6, 6.07) is 12.2. The summed E-state index contributed by atoms with van der Waals surface area (Å²) in [6.45, 7) is 0. The van der Waals surface area contributed by atoms with Gasteiger partial charge in [-0.05, 0) is 47.9 Å². The molecule has 0 atom stereocenters. The quantitative estimate of drug-likeness (QED) is 0.687. The lowest BCUT2D eigenvalue weighted by atomic mass is 10.1. The second-order valence-corrected chi connectivity index (χ2v) is 6.46. The molecule has 0 spiro atoms. The smallest absolute Gasteiger partial charge is 0.348 e. The highest BCUT2D eigenvalue weighted by Gasteiger charge is 2.13. The molecule has 0 unspecified atom stereocenters. The van der Waals surface area contributed by atoms with Crippen LogP contribution < -0.4 is 14.8 Å². The van der Waals surface area contributed by atoms with E-state index in [-0.39, 0.29) is 11.9 Å². The first kappa shape index (κ1) is 17.8. The van der Waals surface area contributed by atoms with Gasteiger partial charge >= 0.3 is 5.97 Å². The number of amides is 1. The Morgan fingerprint density at radius 1 is 0.923 bits per heavy atom. The molecule has 0 bridgehead atoms. The van der Waals surface area contributed by atoms with E-state index in [1.807, 2.05) is 12.1 Å². The van der Waals surface area contributed by atoms with Crippen LogP contribution in [0.5, 0.6) is 11.5 Å². The van der Waals surface area contributed by atoms with Gasteiger partial charge in [0.25, 0.3) is 5.91 Å². The molecule has 26 heavy (non-hydrogen) atoms. The fourth-order valence-corrected chi connectivity index (χ4v) is 3.46. The molecular weight excluding hydrogens is 354 g/mol. The third kappa shape index (κ3) is 3.48. The lowest BCUT2D eigenvalue weighted by Gasteiger charge is -2.10. The molecule has 0 saturated heterocycles. The van der Waals surface area contributed by atoms with Crippen molar-refractivity contribution in [2.24, 2.45) is 0 Å². The van der Waals surface area contributed by atoms with Crippen molar-refractivity contribution in [2.75, 3.05) is 26.6 Å². The monoisotopic (exact) mass is 371 g/mol. The third-order valence-corrected chi connectivity index (χ3v) is 4.90. The minimum Gasteiger partial charge on any atom is -0.493 e. The number of fused-ring (bicyclic) bond motifs is 1. The van der Waals surface area contributed by atoms with E-state index in [0.29, 0.717) is 27.6 Å². The van der Waals surface area contributed by atoms with Crippen molar-refractivity contribution in [1.82, 2.24) is 0 Å².